The van der Waals surface area contributed by atoms with Gasteiger partial charge in [0.2, 0.25) is 0 Å². The summed E-state index contributed by atoms with van der Waals surface area (Å²) in [6, 6.07) is 4.32. The zero-order valence-electron chi connectivity index (χ0n) is 9.38. The number of pyridine rings is 1. The number of hydrogen-bond donors (Lipinski definition) is 2. The smallest absolute Gasteiger partial charge is 0.354 e. The fraction of sp³-hybridized carbons (Fsp3) is 0.0909. The third-order valence-corrected chi connectivity index (χ3v) is 2.21. The third-order valence-electron chi connectivity index (χ3n) is 2.21. The van der Waals surface area contributed by atoms with Crippen molar-refractivity contribution in [1.82, 2.24) is 10.1 Å². The van der Waals surface area contributed by atoms with E-state index in [4.69, 9.17) is 9.63 Å². The van der Waals surface area contributed by atoms with Gasteiger partial charge in [0.15, 0.2) is 5.69 Å². The molecule has 0 atom stereocenters. The fourth-order valence-electron chi connectivity index (χ4n) is 1.32. The van der Waals surface area contributed by atoms with Gasteiger partial charge in [0.05, 0.1) is 6.20 Å². The lowest BCUT2D eigenvalue weighted by Crippen LogP contribution is -2.14. The first-order valence-electron chi connectivity index (χ1n) is 5.01. The Hall–Kier alpha value is -2.70. The zero-order valence-corrected chi connectivity index (χ0v) is 9.38. The highest BCUT2D eigenvalue weighted by Gasteiger charge is 2.14. The van der Waals surface area contributed by atoms with Crippen LogP contribution >= 0.6 is 0 Å². The molecule has 0 bridgehead atoms. The number of rotatable bonds is 3. The Balaban J connectivity index is 2.20. The number of aromatic nitrogens is 2. The Morgan fingerprint density at radius 1 is 1.39 bits per heavy atom. The van der Waals surface area contributed by atoms with Crippen molar-refractivity contribution in [3.63, 3.8) is 0 Å². The Morgan fingerprint density at radius 3 is 2.78 bits per heavy atom. The Morgan fingerprint density at radius 2 is 2.17 bits per heavy atom. The topological polar surface area (TPSA) is 105 Å². The average molecular weight is 247 g/mol. The third kappa shape index (κ3) is 2.34. The van der Waals surface area contributed by atoms with Crippen LogP contribution in [-0.2, 0) is 0 Å². The Bertz CT molecular complexity index is 606. The molecular formula is C11H9N3O4. The number of anilines is 1. The minimum absolute atomic E-state index is 0.144. The van der Waals surface area contributed by atoms with Gasteiger partial charge < -0.3 is 14.9 Å². The molecule has 0 spiro atoms. The highest BCUT2D eigenvalue weighted by atomic mass is 16.5. The second-order valence-electron chi connectivity index (χ2n) is 3.46. The highest BCUT2D eigenvalue weighted by Crippen LogP contribution is 2.10. The second kappa shape index (κ2) is 4.66. The number of carboxylic acid groups (broad SMARTS) is 1. The number of carbonyl (C=O) groups excluding carboxylic acids is 1. The lowest BCUT2D eigenvalue weighted by atomic mass is 10.2. The molecule has 2 heterocycles. The van der Waals surface area contributed by atoms with Crippen LogP contribution in [0.2, 0.25) is 0 Å². The van der Waals surface area contributed by atoms with E-state index in [1.54, 1.807) is 6.92 Å². The van der Waals surface area contributed by atoms with E-state index in [-0.39, 0.29) is 17.1 Å². The van der Waals surface area contributed by atoms with Crippen molar-refractivity contribution >= 4 is 17.7 Å². The standard InChI is InChI=1S/C11H9N3O4/c1-6-7(5-12-18-6)10(15)14-9-4-2-3-8(13-9)11(16)17/h2-5H,1H3,(H,16,17)(H,13,14,15). The van der Waals surface area contributed by atoms with Crippen molar-refractivity contribution in [3.05, 3.63) is 41.4 Å². The van der Waals surface area contributed by atoms with Crippen molar-refractivity contribution in [2.24, 2.45) is 0 Å². The molecule has 2 aromatic rings. The van der Waals surface area contributed by atoms with Crippen LogP contribution in [-0.4, -0.2) is 27.1 Å². The van der Waals surface area contributed by atoms with Gasteiger partial charge in [0, 0.05) is 0 Å². The van der Waals surface area contributed by atoms with Crippen molar-refractivity contribution in [3.8, 4) is 0 Å². The Labute approximate surface area is 101 Å². The predicted molar refractivity (Wildman–Crippen MR) is 60.4 cm³/mol. The molecule has 2 aromatic heterocycles. The van der Waals surface area contributed by atoms with Gasteiger partial charge in [-0.15, -0.1) is 0 Å². The lowest BCUT2D eigenvalue weighted by molar-refractivity contribution is 0.0690. The quantitative estimate of drug-likeness (QED) is 0.847. The van der Waals surface area contributed by atoms with Gasteiger partial charge in [-0.05, 0) is 19.1 Å². The van der Waals surface area contributed by atoms with Gasteiger partial charge in [-0.2, -0.15) is 0 Å². The van der Waals surface area contributed by atoms with E-state index in [0.717, 1.165) is 0 Å². The summed E-state index contributed by atoms with van der Waals surface area (Å²) >= 11 is 0. The maximum atomic E-state index is 11.8. The monoisotopic (exact) mass is 247 g/mol. The number of aryl methyl sites for hydroxylation is 1. The lowest BCUT2D eigenvalue weighted by Gasteiger charge is -2.03. The van der Waals surface area contributed by atoms with Crippen LogP contribution in [0.3, 0.4) is 0 Å². The molecule has 92 valence electrons. The fourth-order valence-corrected chi connectivity index (χ4v) is 1.32. The first-order valence-corrected chi connectivity index (χ1v) is 5.01. The highest BCUT2D eigenvalue weighted by molar-refractivity contribution is 6.04. The number of amides is 1. The minimum atomic E-state index is -1.16. The molecule has 18 heavy (non-hydrogen) atoms. The summed E-state index contributed by atoms with van der Waals surface area (Å²) in [5, 5.41) is 14.7. The van der Waals surface area contributed by atoms with Crippen LogP contribution in [0.5, 0.6) is 0 Å². The van der Waals surface area contributed by atoms with Crippen LogP contribution in [0.15, 0.2) is 28.9 Å². The van der Waals surface area contributed by atoms with E-state index in [9.17, 15) is 9.59 Å². The molecule has 0 aliphatic rings. The van der Waals surface area contributed by atoms with Crippen molar-refractivity contribution < 1.29 is 19.2 Å². The van der Waals surface area contributed by atoms with Gasteiger partial charge in [-0.1, -0.05) is 11.2 Å². The van der Waals surface area contributed by atoms with Gasteiger partial charge in [-0.25, -0.2) is 9.78 Å². The maximum absolute atomic E-state index is 11.8. The normalized spacial score (nSPS) is 10.1. The number of carboxylic acids is 1. The van der Waals surface area contributed by atoms with E-state index in [2.05, 4.69) is 15.5 Å². The van der Waals surface area contributed by atoms with Gasteiger partial charge in [-0.3, -0.25) is 4.79 Å². The molecule has 0 saturated heterocycles. The summed E-state index contributed by atoms with van der Waals surface area (Å²) in [4.78, 5) is 26.3. The summed E-state index contributed by atoms with van der Waals surface area (Å²) in [7, 11) is 0. The maximum Gasteiger partial charge on any atom is 0.354 e. The summed E-state index contributed by atoms with van der Waals surface area (Å²) in [6.45, 7) is 1.60. The molecule has 1 amide bonds. The largest absolute Gasteiger partial charge is 0.477 e. The average Bonchev–Trinajstić information content (AvgIpc) is 2.76. The predicted octanol–water partition coefficient (Wildman–Crippen LogP) is 1.33. The van der Waals surface area contributed by atoms with Gasteiger partial charge in [0.1, 0.15) is 17.1 Å². The minimum Gasteiger partial charge on any atom is -0.477 e. The molecular weight excluding hydrogens is 238 g/mol. The summed E-state index contributed by atoms with van der Waals surface area (Å²) < 4.78 is 4.76. The molecule has 2 N–H and O–H groups in total. The number of hydrogen-bond acceptors (Lipinski definition) is 5. The molecule has 2 rings (SSSR count). The number of aromatic carboxylic acids is 1. The molecule has 0 aromatic carbocycles. The second-order valence-corrected chi connectivity index (χ2v) is 3.46. The van der Waals surface area contributed by atoms with Crippen LogP contribution < -0.4 is 5.32 Å². The summed E-state index contributed by atoms with van der Waals surface area (Å²) in [5.74, 6) is -1.08. The molecule has 0 radical (unpaired) electrons. The first kappa shape index (κ1) is 11.8. The van der Waals surface area contributed by atoms with E-state index in [1.807, 2.05) is 0 Å². The number of nitrogens with one attached hydrogen (secondary N) is 1. The van der Waals surface area contributed by atoms with Gasteiger partial charge in [0.25, 0.3) is 5.91 Å². The van der Waals surface area contributed by atoms with E-state index in [1.165, 1.54) is 24.4 Å². The molecule has 7 heteroatoms. The molecule has 0 fully saturated rings. The number of carbonyl (C=O) groups is 2. The van der Waals surface area contributed by atoms with Crippen molar-refractivity contribution in [1.29, 1.82) is 0 Å². The summed E-state index contributed by atoms with van der Waals surface area (Å²) in [6.07, 6.45) is 1.28. The van der Waals surface area contributed by atoms with E-state index >= 15 is 0 Å². The summed E-state index contributed by atoms with van der Waals surface area (Å²) in [5.41, 5.74) is 0.132. The van der Waals surface area contributed by atoms with Crippen LogP contribution in [0.1, 0.15) is 26.6 Å². The number of nitrogens with zero attached hydrogens (tertiary/aromatic N) is 2. The molecule has 0 aliphatic heterocycles. The SMILES string of the molecule is Cc1oncc1C(=O)Nc1cccc(C(=O)O)n1. The van der Waals surface area contributed by atoms with E-state index < -0.39 is 11.9 Å². The molecule has 0 aliphatic carbocycles. The first-order chi connectivity index (χ1) is 8.58. The van der Waals surface area contributed by atoms with Crippen LogP contribution in [0.25, 0.3) is 0 Å². The molecule has 0 unspecified atom stereocenters. The van der Waals surface area contributed by atoms with Crippen LogP contribution in [0, 0.1) is 6.92 Å². The Kier molecular flexibility index (Phi) is 3.05. The van der Waals surface area contributed by atoms with Crippen LogP contribution in [0.4, 0.5) is 5.82 Å². The van der Waals surface area contributed by atoms with Crippen molar-refractivity contribution in [2.75, 3.05) is 5.32 Å². The molecule has 7 nitrogen and oxygen atoms in total. The van der Waals surface area contributed by atoms with Gasteiger partial charge >= 0.3 is 5.97 Å². The van der Waals surface area contributed by atoms with E-state index in [0.29, 0.717) is 5.76 Å². The zero-order chi connectivity index (χ0) is 13.1. The van der Waals surface area contributed by atoms with Crippen molar-refractivity contribution in [2.45, 2.75) is 6.92 Å². The molecule has 0 saturated carbocycles.